The second kappa shape index (κ2) is 9.34. The molecule has 2 N–H and O–H groups in total. The van der Waals surface area contributed by atoms with Gasteiger partial charge in [0.1, 0.15) is 0 Å². The van der Waals surface area contributed by atoms with E-state index < -0.39 is 16.1 Å². The van der Waals surface area contributed by atoms with Gasteiger partial charge in [0, 0.05) is 6.54 Å². The van der Waals surface area contributed by atoms with E-state index in [0.717, 1.165) is 31.2 Å². The Balaban J connectivity index is 1.88. The summed E-state index contributed by atoms with van der Waals surface area (Å²) < 4.78 is 27.3. The first-order valence-electron chi connectivity index (χ1n) is 9.31. The fourth-order valence-electron chi connectivity index (χ4n) is 3.27. The standard InChI is InChI=1S/C19H30N2O3S/c1-3-7-16-10-12-18(13-11-16)25(23,24)21-15(2)19(22)20-14-17-8-5-4-6-9-17/h10-13,15,17,21H,3-9,14H2,1-2H3,(H,20,22). The highest BCUT2D eigenvalue weighted by Crippen LogP contribution is 2.22. The van der Waals surface area contributed by atoms with E-state index in [1.54, 1.807) is 19.1 Å². The highest BCUT2D eigenvalue weighted by molar-refractivity contribution is 7.89. The number of benzene rings is 1. The van der Waals surface area contributed by atoms with Gasteiger partial charge < -0.3 is 5.32 Å². The van der Waals surface area contributed by atoms with Gasteiger partial charge >= 0.3 is 0 Å². The number of rotatable bonds is 8. The van der Waals surface area contributed by atoms with Crippen LogP contribution < -0.4 is 10.0 Å². The second-order valence-electron chi connectivity index (χ2n) is 6.99. The van der Waals surface area contributed by atoms with Crippen molar-refractivity contribution in [3.63, 3.8) is 0 Å². The third kappa shape index (κ3) is 6.12. The molecule has 1 aromatic rings. The third-order valence-electron chi connectivity index (χ3n) is 4.79. The summed E-state index contributed by atoms with van der Waals surface area (Å²) in [6.07, 6.45) is 7.94. The van der Waals surface area contributed by atoms with Crippen LogP contribution in [0.3, 0.4) is 0 Å². The van der Waals surface area contributed by atoms with Crippen LogP contribution in [0.4, 0.5) is 0 Å². The van der Waals surface area contributed by atoms with E-state index in [1.165, 1.54) is 19.3 Å². The Hall–Kier alpha value is -1.40. The smallest absolute Gasteiger partial charge is 0.241 e. The van der Waals surface area contributed by atoms with E-state index in [-0.39, 0.29) is 10.8 Å². The van der Waals surface area contributed by atoms with Crippen molar-refractivity contribution in [2.45, 2.75) is 69.7 Å². The maximum Gasteiger partial charge on any atom is 0.241 e. The minimum atomic E-state index is -3.69. The molecule has 1 aliphatic carbocycles. The predicted molar refractivity (Wildman–Crippen MR) is 99.8 cm³/mol. The molecule has 0 heterocycles. The summed E-state index contributed by atoms with van der Waals surface area (Å²) in [4.78, 5) is 12.4. The molecule has 1 fully saturated rings. The van der Waals surface area contributed by atoms with Crippen LogP contribution in [0.2, 0.25) is 0 Å². The summed E-state index contributed by atoms with van der Waals surface area (Å²) in [6, 6.07) is 6.06. The number of carbonyl (C=O) groups is 1. The molecule has 0 radical (unpaired) electrons. The molecule has 0 spiro atoms. The zero-order valence-corrected chi connectivity index (χ0v) is 16.1. The van der Waals surface area contributed by atoms with Crippen molar-refractivity contribution in [3.8, 4) is 0 Å². The van der Waals surface area contributed by atoms with Crippen LogP contribution in [-0.4, -0.2) is 26.9 Å². The molecular formula is C19H30N2O3S. The van der Waals surface area contributed by atoms with Crippen LogP contribution in [0, 0.1) is 5.92 Å². The van der Waals surface area contributed by atoms with Gasteiger partial charge in [-0.2, -0.15) is 4.72 Å². The molecule has 0 saturated heterocycles. The highest BCUT2D eigenvalue weighted by Gasteiger charge is 2.23. The van der Waals surface area contributed by atoms with Crippen LogP contribution >= 0.6 is 0 Å². The second-order valence-corrected chi connectivity index (χ2v) is 8.70. The molecule has 1 amide bonds. The van der Waals surface area contributed by atoms with Crippen LogP contribution in [0.1, 0.15) is 57.9 Å². The Labute approximate surface area is 151 Å². The lowest BCUT2D eigenvalue weighted by Crippen LogP contribution is -2.46. The van der Waals surface area contributed by atoms with E-state index >= 15 is 0 Å². The molecule has 0 bridgehead atoms. The first-order chi connectivity index (χ1) is 11.9. The quantitative estimate of drug-likeness (QED) is 0.743. The first kappa shape index (κ1) is 19.9. The lowest BCUT2D eigenvalue weighted by Gasteiger charge is -2.23. The first-order valence-corrected chi connectivity index (χ1v) is 10.8. The number of aryl methyl sites for hydroxylation is 1. The minimum absolute atomic E-state index is 0.194. The van der Waals surface area contributed by atoms with Crippen molar-refractivity contribution >= 4 is 15.9 Å². The van der Waals surface area contributed by atoms with Gasteiger partial charge in [0.2, 0.25) is 15.9 Å². The highest BCUT2D eigenvalue weighted by atomic mass is 32.2. The molecule has 1 atom stereocenters. The van der Waals surface area contributed by atoms with Crippen molar-refractivity contribution in [2.24, 2.45) is 5.92 Å². The van der Waals surface area contributed by atoms with Gasteiger partial charge in [-0.15, -0.1) is 0 Å². The Morgan fingerprint density at radius 1 is 1.16 bits per heavy atom. The van der Waals surface area contributed by atoms with E-state index in [4.69, 9.17) is 0 Å². The topological polar surface area (TPSA) is 75.3 Å². The third-order valence-corrected chi connectivity index (χ3v) is 6.34. The van der Waals surface area contributed by atoms with Crippen LogP contribution in [0.15, 0.2) is 29.2 Å². The van der Waals surface area contributed by atoms with Gasteiger partial charge in [0.15, 0.2) is 0 Å². The van der Waals surface area contributed by atoms with E-state index in [2.05, 4.69) is 17.0 Å². The molecule has 1 aliphatic rings. The van der Waals surface area contributed by atoms with E-state index in [0.29, 0.717) is 12.5 Å². The van der Waals surface area contributed by atoms with Crippen molar-refractivity contribution in [3.05, 3.63) is 29.8 Å². The molecule has 2 rings (SSSR count). The number of hydrogen-bond acceptors (Lipinski definition) is 3. The summed E-state index contributed by atoms with van der Waals surface area (Å²) >= 11 is 0. The maximum atomic E-state index is 12.4. The number of hydrogen-bond donors (Lipinski definition) is 2. The van der Waals surface area contributed by atoms with E-state index in [1.807, 2.05) is 12.1 Å². The van der Waals surface area contributed by atoms with Gasteiger partial charge in [-0.3, -0.25) is 4.79 Å². The van der Waals surface area contributed by atoms with Crippen molar-refractivity contribution < 1.29 is 13.2 Å². The summed E-state index contributed by atoms with van der Waals surface area (Å²) in [5.74, 6) is 0.254. The molecule has 1 aromatic carbocycles. The maximum absolute atomic E-state index is 12.4. The van der Waals surface area contributed by atoms with Gasteiger partial charge in [-0.25, -0.2) is 8.42 Å². The van der Waals surface area contributed by atoms with E-state index in [9.17, 15) is 13.2 Å². The normalized spacial score (nSPS) is 17.2. The van der Waals surface area contributed by atoms with Crippen molar-refractivity contribution in [1.29, 1.82) is 0 Å². The monoisotopic (exact) mass is 366 g/mol. The fraction of sp³-hybridized carbons (Fsp3) is 0.632. The minimum Gasteiger partial charge on any atom is -0.354 e. The Kier molecular flexibility index (Phi) is 7.44. The molecule has 0 aliphatic heterocycles. The zero-order chi connectivity index (χ0) is 18.3. The predicted octanol–water partition coefficient (Wildman–Crippen LogP) is 3.00. The zero-order valence-electron chi connectivity index (χ0n) is 15.3. The Morgan fingerprint density at radius 3 is 2.40 bits per heavy atom. The van der Waals surface area contributed by atoms with Gasteiger partial charge in [-0.1, -0.05) is 44.7 Å². The van der Waals surface area contributed by atoms with Gasteiger partial charge in [0.05, 0.1) is 10.9 Å². The summed E-state index contributed by atoms with van der Waals surface area (Å²) in [5.41, 5.74) is 1.11. The largest absolute Gasteiger partial charge is 0.354 e. The summed E-state index contributed by atoms with van der Waals surface area (Å²) in [6.45, 7) is 4.30. The van der Waals surface area contributed by atoms with Gasteiger partial charge in [-0.05, 0) is 49.8 Å². The summed E-state index contributed by atoms with van der Waals surface area (Å²) in [5, 5.41) is 2.89. The Bertz CT molecular complexity index is 650. The number of nitrogens with one attached hydrogen (secondary N) is 2. The average Bonchev–Trinajstić information content (AvgIpc) is 2.61. The van der Waals surface area contributed by atoms with Crippen molar-refractivity contribution in [1.82, 2.24) is 10.0 Å². The molecule has 5 nitrogen and oxygen atoms in total. The summed E-state index contributed by atoms with van der Waals surface area (Å²) in [7, 11) is -3.69. The average molecular weight is 367 g/mol. The van der Waals surface area contributed by atoms with Crippen LogP contribution in [0.5, 0.6) is 0 Å². The van der Waals surface area contributed by atoms with Crippen molar-refractivity contribution in [2.75, 3.05) is 6.54 Å². The van der Waals surface area contributed by atoms with Gasteiger partial charge in [0.25, 0.3) is 0 Å². The molecule has 1 unspecified atom stereocenters. The molecule has 1 saturated carbocycles. The van der Waals surface area contributed by atoms with Crippen LogP contribution in [0.25, 0.3) is 0 Å². The number of sulfonamides is 1. The SMILES string of the molecule is CCCc1ccc(S(=O)(=O)NC(C)C(=O)NCC2CCCCC2)cc1. The molecule has 25 heavy (non-hydrogen) atoms. The molecule has 0 aromatic heterocycles. The number of carbonyl (C=O) groups excluding carboxylic acids is 1. The molecule has 140 valence electrons. The van der Waals surface area contributed by atoms with Crippen LogP contribution in [-0.2, 0) is 21.2 Å². The fourth-order valence-corrected chi connectivity index (χ4v) is 4.47. The number of amides is 1. The lowest BCUT2D eigenvalue weighted by atomic mass is 9.89. The lowest BCUT2D eigenvalue weighted by molar-refractivity contribution is -0.122. The molecule has 6 heteroatoms. The Morgan fingerprint density at radius 2 is 1.80 bits per heavy atom. The molecular weight excluding hydrogens is 336 g/mol.